The summed E-state index contributed by atoms with van der Waals surface area (Å²) in [5, 5.41) is 3.32. The average molecular weight is 244 g/mol. The van der Waals surface area contributed by atoms with Crippen LogP contribution < -0.4 is 10.2 Å². The molecular weight excluding hydrogens is 228 g/mol. The molecule has 0 saturated carbocycles. The molecule has 2 heterocycles. The maximum Gasteiger partial charge on any atom is 0.237 e. The van der Waals surface area contributed by atoms with Crippen molar-refractivity contribution in [2.24, 2.45) is 5.92 Å². The number of hydrogen-bond acceptors (Lipinski definition) is 3. The number of amides is 2. The van der Waals surface area contributed by atoms with Crippen LogP contribution in [0.3, 0.4) is 0 Å². The highest BCUT2D eigenvalue weighted by Crippen LogP contribution is 2.31. The van der Waals surface area contributed by atoms with Gasteiger partial charge in [-0.15, -0.1) is 0 Å². The van der Waals surface area contributed by atoms with Crippen LogP contribution in [0.2, 0.25) is 0 Å². The highest BCUT2D eigenvalue weighted by molar-refractivity contribution is 6.20. The molecule has 2 aliphatic heterocycles. The predicted octanol–water partition coefficient (Wildman–Crippen LogP) is 1.94. The molecule has 0 aliphatic carbocycles. The molecule has 0 bridgehead atoms. The molecule has 4 heteroatoms. The van der Waals surface area contributed by atoms with Crippen molar-refractivity contribution in [3.63, 3.8) is 0 Å². The van der Waals surface area contributed by atoms with Gasteiger partial charge in [-0.2, -0.15) is 0 Å². The standard InChI is InChI=1S/C14H16N2O2/c1-9-7-13(17)16(14(9)18)11-4-5-12-10(8-11)3-2-6-15-12/h4-5,8-9,15H,2-3,6-7H2,1H3. The van der Waals surface area contributed by atoms with Gasteiger partial charge in [-0.25, -0.2) is 0 Å². The molecule has 0 aromatic heterocycles. The van der Waals surface area contributed by atoms with Crippen LogP contribution in [0.4, 0.5) is 11.4 Å². The van der Waals surface area contributed by atoms with Crippen molar-refractivity contribution >= 4 is 23.2 Å². The van der Waals surface area contributed by atoms with Gasteiger partial charge in [-0.05, 0) is 36.6 Å². The van der Waals surface area contributed by atoms with E-state index in [9.17, 15) is 9.59 Å². The van der Waals surface area contributed by atoms with Crippen molar-refractivity contribution in [1.82, 2.24) is 0 Å². The highest BCUT2D eigenvalue weighted by Gasteiger charge is 2.36. The molecule has 0 radical (unpaired) electrons. The summed E-state index contributed by atoms with van der Waals surface area (Å²) in [5.41, 5.74) is 3.04. The number of anilines is 2. The van der Waals surface area contributed by atoms with E-state index < -0.39 is 0 Å². The van der Waals surface area contributed by atoms with Gasteiger partial charge in [0.1, 0.15) is 0 Å². The molecule has 1 atom stereocenters. The Morgan fingerprint density at radius 2 is 2.17 bits per heavy atom. The van der Waals surface area contributed by atoms with E-state index in [4.69, 9.17) is 0 Å². The highest BCUT2D eigenvalue weighted by atomic mass is 16.2. The number of rotatable bonds is 1. The van der Waals surface area contributed by atoms with Gasteiger partial charge in [0.05, 0.1) is 5.69 Å². The third-order valence-corrected chi connectivity index (χ3v) is 3.66. The van der Waals surface area contributed by atoms with Crippen molar-refractivity contribution in [3.05, 3.63) is 23.8 Å². The molecular formula is C14H16N2O2. The minimum atomic E-state index is -0.188. The Bertz CT molecular complexity index is 525. The molecule has 1 N–H and O–H groups in total. The first kappa shape index (κ1) is 11.3. The zero-order valence-electron chi connectivity index (χ0n) is 10.4. The Kier molecular flexibility index (Phi) is 2.58. The largest absolute Gasteiger partial charge is 0.385 e. The fourth-order valence-electron chi connectivity index (χ4n) is 2.66. The molecule has 1 aromatic carbocycles. The van der Waals surface area contributed by atoms with Gasteiger partial charge in [0.25, 0.3) is 0 Å². The van der Waals surface area contributed by atoms with Gasteiger partial charge < -0.3 is 5.32 Å². The second-order valence-electron chi connectivity index (χ2n) is 5.04. The fraction of sp³-hybridized carbons (Fsp3) is 0.429. The molecule has 3 rings (SSSR count). The number of nitrogens with zero attached hydrogens (tertiary/aromatic N) is 1. The van der Waals surface area contributed by atoms with Crippen LogP contribution in [0.1, 0.15) is 25.3 Å². The van der Waals surface area contributed by atoms with E-state index in [-0.39, 0.29) is 17.7 Å². The Hall–Kier alpha value is -1.84. The molecule has 1 fully saturated rings. The van der Waals surface area contributed by atoms with Crippen LogP contribution in [0.5, 0.6) is 0 Å². The molecule has 2 amide bonds. The first-order chi connectivity index (χ1) is 8.66. The Balaban J connectivity index is 1.97. The zero-order valence-corrected chi connectivity index (χ0v) is 10.4. The fourth-order valence-corrected chi connectivity index (χ4v) is 2.66. The predicted molar refractivity (Wildman–Crippen MR) is 69.5 cm³/mol. The normalized spacial score (nSPS) is 22.9. The molecule has 1 aromatic rings. The van der Waals surface area contributed by atoms with Gasteiger partial charge >= 0.3 is 0 Å². The second-order valence-corrected chi connectivity index (χ2v) is 5.04. The lowest BCUT2D eigenvalue weighted by atomic mass is 10.0. The van der Waals surface area contributed by atoms with Gasteiger partial charge in [0.15, 0.2) is 0 Å². The van der Waals surface area contributed by atoms with Crippen LogP contribution in [-0.2, 0) is 16.0 Å². The first-order valence-corrected chi connectivity index (χ1v) is 6.40. The lowest BCUT2D eigenvalue weighted by Gasteiger charge is -2.21. The van der Waals surface area contributed by atoms with Crippen LogP contribution >= 0.6 is 0 Å². The number of carbonyl (C=O) groups is 2. The third kappa shape index (κ3) is 1.68. The van der Waals surface area contributed by atoms with Crippen LogP contribution in [0, 0.1) is 5.92 Å². The Labute approximate surface area is 106 Å². The van der Waals surface area contributed by atoms with E-state index in [1.54, 1.807) is 6.92 Å². The summed E-state index contributed by atoms with van der Waals surface area (Å²) in [6, 6.07) is 5.79. The summed E-state index contributed by atoms with van der Waals surface area (Å²) in [6.07, 6.45) is 2.42. The van der Waals surface area contributed by atoms with Crippen molar-refractivity contribution in [3.8, 4) is 0 Å². The first-order valence-electron chi connectivity index (χ1n) is 6.40. The summed E-state index contributed by atoms with van der Waals surface area (Å²) >= 11 is 0. The number of fused-ring (bicyclic) bond motifs is 1. The van der Waals surface area contributed by atoms with E-state index in [0.29, 0.717) is 6.42 Å². The lowest BCUT2D eigenvalue weighted by Crippen LogP contribution is -2.30. The number of imide groups is 1. The minimum Gasteiger partial charge on any atom is -0.385 e. The van der Waals surface area contributed by atoms with Gasteiger partial charge in [0.2, 0.25) is 11.8 Å². The average Bonchev–Trinajstić information content (AvgIpc) is 2.63. The van der Waals surface area contributed by atoms with Crippen molar-refractivity contribution < 1.29 is 9.59 Å². The van der Waals surface area contributed by atoms with Crippen molar-refractivity contribution in [1.29, 1.82) is 0 Å². The second kappa shape index (κ2) is 4.12. The third-order valence-electron chi connectivity index (χ3n) is 3.66. The number of aryl methyl sites for hydroxylation is 1. The number of carbonyl (C=O) groups excluding carboxylic acids is 2. The summed E-state index contributed by atoms with van der Waals surface area (Å²) in [4.78, 5) is 25.2. The smallest absolute Gasteiger partial charge is 0.237 e. The van der Waals surface area contributed by atoms with Gasteiger partial charge in [-0.3, -0.25) is 14.5 Å². The van der Waals surface area contributed by atoms with Crippen molar-refractivity contribution in [2.45, 2.75) is 26.2 Å². The molecule has 2 aliphatic rings. The Morgan fingerprint density at radius 3 is 2.89 bits per heavy atom. The maximum atomic E-state index is 12.0. The minimum absolute atomic E-state index is 0.0799. The van der Waals surface area contributed by atoms with E-state index >= 15 is 0 Å². The number of benzene rings is 1. The topological polar surface area (TPSA) is 49.4 Å². The van der Waals surface area contributed by atoms with E-state index in [0.717, 1.165) is 30.8 Å². The molecule has 1 saturated heterocycles. The quantitative estimate of drug-likeness (QED) is 0.768. The Morgan fingerprint density at radius 1 is 1.33 bits per heavy atom. The van der Waals surface area contributed by atoms with Crippen LogP contribution in [0.25, 0.3) is 0 Å². The zero-order chi connectivity index (χ0) is 12.7. The number of nitrogens with one attached hydrogen (secondary N) is 1. The summed E-state index contributed by atoms with van der Waals surface area (Å²) in [7, 11) is 0. The van der Waals surface area contributed by atoms with E-state index in [1.165, 1.54) is 10.5 Å². The van der Waals surface area contributed by atoms with Crippen molar-refractivity contribution in [2.75, 3.05) is 16.8 Å². The lowest BCUT2D eigenvalue weighted by molar-refractivity contribution is -0.122. The van der Waals surface area contributed by atoms with E-state index in [1.807, 2.05) is 18.2 Å². The SMILES string of the molecule is CC1CC(=O)N(c2ccc3c(c2)CCCN3)C1=O. The van der Waals surface area contributed by atoms with Gasteiger partial charge in [0, 0.05) is 24.6 Å². The molecule has 0 spiro atoms. The van der Waals surface area contributed by atoms with E-state index in [2.05, 4.69) is 5.32 Å². The maximum absolute atomic E-state index is 12.0. The monoisotopic (exact) mass is 244 g/mol. The van der Waals surface area contributed by atoms with Gasteiger partial charge in [-0.1, -0.05) is 6.92 Å². The molecule has 18 heavy (non-hydrogen) atoms. The molecule has 4 nitrogen and oxygen atoms in total. The number of hydrogen-bond donors (Lipinski definition) is 1. The molecule has 1 unspecified atom stereocenters. The summed E-state index contributed by atoms with van der Waals surface area (Å²) in [6.45, 7) is 2.80. The summed E-state index contributed by atoms with van der Waals surface area (Å²) in [5.74, 6) is -0.355. The van der Waals surface area contributed by atoms with Crippen LogP contribution in [0.15, 0.2) is 18.2 Å². The van der Waals surface area contributed by atoms with Crippen LogP contribution in [-0.4, -0.2) is 18.4 Å². The summed E-state index contributed by atoms with van der Waals surface area (Å²) < 4.78 is 0. The molecule has 94 valence electrons.